The third kappa shape index (κ3) is 2.78. The highest BCUT2D eigenvalue weighted by Gasteiger charge is 2.21. The normalized spacial score (nSPS) is 14.2. The molecule has 0 unspecified atom stereocenters. The number of thiophene rings is 1. The third-order valence-corrected chi connectivity index (χ3v) is 6.67. The highest BCUT2D eigenvalue weighted by molar-refractivity contribution is 7.18. The first-order valence-electron chi connectivity index (χ1n) is 9.84. The summed E-state index contributed by atoms with van der Waals surface area (Å²) in [5.41, 5.74) is 2.18. The van der Waals surface area contributed by atoms with E-state index in [9.17, 15) is 4.79 Å². The fraction of sp³-hybridized carbons (Fsp3) is 0.261. The molecule has 0 saturated carbocycles. The number of aromatic nitrogens is 2. The quantitative estimate of drug-likeness (QED) is 0.468. The number of rotatable bonds is 3. The van der Waals surface area contributed by atoms with E-state index in [4.69, 9.17) is 4.98 Å². The van der Waals surface area contributed by atoms with Gasteiger partial charge in [-0.3, -0.25) is 4.79 Å². The molecule has 4 nitrogen and oxygen atoms in total. The second-order valence-electron chi connectivity index (χ2n) is 7.20. The number of benzene rings is 2. The van der Waals surface area contributed by atoms with Crippen molar-refractivity contribution in [2.24, 2.45) is 5.10 Å². The van der Waals surface area contributed by atoms with Gasteiger partial charge < -0.3 is 0 Å². The molecular formula is C23H21N3OS. The number of hydrogen-bond acceptors (Lipinski definition) is 4. The Morgan fingerprint density at radius 1 is 1.14 bits per heavy atom. The van der Waals surface area contributed by atoms with Crippen molar-refractivity contribution >= 4 is 38.5 Å². The lowest BCUT2D eigenvalue weighted by Crippen LogP contribution is -2.22. The summed E-state index contributed by atoms with van der Waals surface area (Å²) in [7, 11) is 0. The molecule has 0 bridgehead atoms. The summed E-state index contributed by atoms with van der Waals surface area (Å²) in [4.78, 5) is 20.4. The Morgan fingerprint density at radius 2 is 1.96 bits per heavy atom. The van der Waals surface area contributed by atoms with Crippen LogP contribution in [-0.2, 0) is 19.3 Å². The Bertz CT molecular complexity index is 1280. The van der Waals surface area contributed by atoms with Crippen LogP contribution in [-0.4, -0.2) is 15.9 Å². The van der Waals surface area contributed by atoms with Gasteiger partial charge in [-0.05, 0) is 42.0 Å². The first-order valence-corrected chi connectivity index (χ1v) is 10.7. The van der Waals surface area contributed by atoms with E-state index in [-0.39, 0.29) is 5.56 Å². The van der Waals surface area contributed by atoms with Crippen LogP contribution in [0.15, 0.2) is 52.4 Å². The first kappa shape index (κ1) is 17.3. The smallest absolute Gasteiger partial charge is 0.267 e. The molecule has 28 heavy (non-hydrogen) atoms. The van der Waals surface area contributed by atoms with Crippen molar-refractivity contribution in [3.05, 3.63) is 74.6 Å². The molecule has 0 radical (unpaired) electrons. The summed E-state index contributed by atoms with van der Waals surface area (Å²) in [5, 5.41) is 7.67. The minimum atomic E-state index is -0.0299. The summed E-state index contributed by atoms with van der Waals surface area (Å²) in [6.45, 7) is 2.02. The maximum Gasteiger partial charge on any atom is 0.283 e. The van der Waals surface area contributed by atoms with Gasteiger partial charge in [-0.25, -0.2) is 4.98 Å². The SMILES string of the molecule is CCc1nc2sc3c(c2c(=O)n1N=Cc1cccc2ccccc12)CCCC3. The lowest BCUT2D eigenvalue weighted by Gasteiger charge is -2.10. The van der Waals surface area contributed by atoms with Gasteiger partial charge in [0.25, 0.3) is 5.56 Å². The summed E-state index contributed by atoms with van der Waals surface area (Å²) >= 11 is 1.69. The Kier molecular flexibility index (Phi) is 4.32. The van der Waals surface area contributed by atoms with Crippen molar-refractivity contribution in [2.45, 2.75) is 39.0 Å². The van der Waals surface area contributed by atoms with Crippen molar-refractivity contribution in [3.8, 4) is 0 Å². The van der Waals surface area contributed by atoms with Gasteiger partial charge >= 0.3 is 0 Å². The highest BCUT2D eigenvalue weighted by Crippen LogP contribution is 2.33. The van der Waals surface area contributed by atoms with E-state index in [2.05, 4.69) is 23.3 Å². The number of nitrogens with zero attached hydrogens (tertiary/aromatic N) is 3. The fourth-order valence-corrected chi connectivity index (χ4v) is 5.34. The van der Waals surface area contributed by atoms with Gasteiger partial charge in [0.2, 0.25) is 0 Å². The number of aryl methyl sites for hydroxylation is 3. The van der Waals surface area contributed by atoms with Crippen molar-refractivity contribution in [1.82, 2.24) is 9.66 Å². The maximum absolute atomic E-state index is 13.3. The number of fused-ring (bicyclic) bond motifs is 4. The Morgan fingerprint density at radius 3 is 2.86 bits per heavy atom. The average Bonchev–Trinajstić information content (AvgIpc) is 3.11. The van der Waals surface area contributed by atoms with Crippen LogP contribution in [0.4, 0.5) is 0 Å². The lowest BCUT2D eigenvalue weighted by atomic mass is 9.97. The van der Waals surface area contributed by atoms with Gasteiger partial charge in [0.1, 0.15) is 10.7 Å². The molecular weight excluding hydrogens is 366 g/mol. The molecule has 5 rings (SSSR count). The zero-order chi connectivity index (χ0) is 19.1. The predicted octanol–water partition coefficient (Wildman–Crippen LogP) is 4.93. The minimum absolute atomic E-state index is 0.0299. The number of hydrogen-bond donors (Lipinski definition) is 0. The van der Waals surface area contributed by atoms with Crippen LogP contribution in [0, 0.1) is 0 Å². The molecule has 0 N–H and O–H groups in total. The topological polar surface area (TPSA) is 47.2 Å². The molecule has 1 aliphatic rings. The van der Waals surface area contributed by atoms with E-state index in [1.165, 1.54) is 21.5 Å². The molecule has 4 aromatic rings. The highest BCUT2D eigenvalue weighted by atomic mass is 32.1. The van der Waals surface area contributed by atoms with E-state index < -0.39 is 0 Å². The van der Waals surface area contributed by atoms with Gasteiger partial charge in [-0.15, -0.1) is 11.3 Å². The van der Waals surface area contributed by atoms with Gasteiger partial charge in [-0.1, -0.05) is 49.4 Å². The Balaban J connectivity index is 1.68. The van der Waals surface area contributed by atoms with Crippen molar-refractivity contribution < 1.29 is 0 Å². The van der Waals surface area contributed by atoms with Crippen LogP contribution >= 0.6 is 11.3 Å². The van der Waals surface area contributed by atoms with E-state index in [0.29, 0.717) is 12.2 Å². The van der Waals surface area contributed by atoms with Gasteiger partial charge in [0.05, 0.1) is 11.6 Å². The zero-order valence-electron chi connectivity index (χ0n) is 15.8. The van der Waals surface area contributed by atoms with Crippen LogP contribution in [0.2, 0.25) is 0 Å². The molecule has 0 aliphatic heterocycles. The fourth-order valence-electron chi connectivity index (χ4n) is 4.07. The molecule has 1 aliphatic carbocycles. The van der Waals surface area contributed by atoms with Crippen LogP contribution < -0.4 is 5.56 Å². The van der Waals surface area contributed by atoms with E-state index >= 15 is 0 Å². The average molecular weight is 388 g/mol. The standard InChI is InChI=1S/C23H21N3OS/c1-2-20-25-22-21(18-12-5-6-13-19(18)28-22)23(27)26(20)24-14-16-10-7-9-15-8-3-4-11-17(15)16/h3-4,7-11,14H,2,5-6,12-13H2,1H3. The second kappa shape index (κ2) is 6.99. The summed E-state index contributed by atoms with van der Waals surface area (Å²) in [5.74, 6) is 0.715. The molecule has 0 saturated heterocycles. The molecule has 5 heteroatoms. The molecule has 2 heterocycles. The Labute approximate surface area is 167 Å². The summed E-state index contributed by atoms with van der Waals surface area (Å²) in [6, 6.07) is 14.3. The Hall–Kier alpha value is -2.79. The molecule has 0 amide bonds. The summed E-state index contributed by atoms with van der Waals surface area (Å²) in [6.07, 6.45) is 6.85. The zero-order valence-corrected chi connectivity index (χ0v) is 16.6. The van der Waals surface area contributed by atoms with Crippen LogP contribution in [0.5, 0.6) is 0 Å². The molecule has 0 spiro atoms. The first-order chi connectivity index (χ1) is 13.8. The monoisotopic (exact) mass is 387 g/mol. The predicted molar refractivity (Wildman–Crippen MR) is 117 cm³/mol. The molecule has 2 aromatic heterocycles. The van der Waals surface area contributed by atoms with E-state index in [1.54, 1.807) is 17.6 Å². The van der Waals surface area contributed by atoms with Crippen molar-refractivity contribution in [1.29, 1.82) is 0 Å². The molecule has 0 atom stereocenters. The van der Waals surface area contributed by atoms with Crippen LogP contribution in [0.1, 0.15) is 41.6 Å². The van der Waals surface area contributed by atoms with E-state index in [1.807, 2.05) is 31.2 Å². The van der Waals surface area contributed by atoms with Gasteiger partial charge in [-0.2, -0.15) is 9.78 Å². The third-order valence-electron chi connectivity index (χ3n) is 5.49. The van der Waals surface area contributed by atoms with Crippen LogP contribution in [0.3, 0.4) is 0 Å². The van der Waals surface area contributed by atoms with Gasteiger partial charge in [0, 0.05) is 16.9 Å². The largest absolute Gasteiger partial charge is 0.283 e. The van der Waals surface area contributed by atoms with Crippen LogP contribution in [0.25, 0.3) is 21.0 Å². The lowest BCUT2D eigenvalue weighted by molar-refractivity contribution is 0.696. The van der Waals surface area contributed by atoms with E-state index in [0.717, 1.165) is 45.8 Å². The van der Waals surface area contributed by atoms with Gasteiger partial charge in [0.15, 0.2) is 0 Å². The second-order valence-corrected chi connectivity index (χ2v) is 8.29. The molecule has 2 aromatic carbocycles. The molecule has 140 valence electrons. The molecule has 0 fully saturated rings. The maximum atomic E-state index is 13.3. The summed E-state index contributed by atoms with van der Waals surface area (Å²) < 4.78 is 1.51. The van der Waals surface area contributed by atoms with Crippen molar-refractivity contribution in [3.63, 3.8) is 0 Å². The van der Waals surface area contributed by atoms with Crippen molar-refractivity contribution in [2.75, 3.05) is 0 Å². The minimum Gasteiger partial charge on any atom is -0.267 e.